The number of halogens is 7. The monoisotopic (exact) mass is 517 g/mol. The molecule has 0 spiro atoms. The number of anilines is 1. The highest BCUT2D eigenvalue weighted by Gasteiger charge is 2.37. The fourth-order valence-electron chi connectivity index (χ4n) is 2.93. The summed E-state index contributed by atoms with van der Waals surface area (Å²) in [6, 6.07) is 6.10. The van der Waals surface area contributed by atoms with Gasteiger partial charge >= 0.3 is 12.5 Å². The standard InChI is InChI=1S/C22H14F7N3O4/c1-10-8-12(36-22(27,28)29)3-6-15(10)35-16-7-4-13(21(24,25)26)18(23)17(16)20(34)32-11-2-5-14(19(30)33)31-9-11/h2-9H,1H3,(H2,30,33)(H,32,34). The van der Waals surface area contributed by atoms with Crippen LogP contribution >= 0.6 is 0 Å². The quantitative estimate of drug-likeness (QED) is 0.415. The van der Waals surface area contributed by atoms with Gasteiger partial charge in [0.2, 0.25) is 0 Å². The molecular formula is C22H14F7N3O4. The van der Waals surface area contributed by atoms with Gasteiger partial charge in [-0.25, -0.2) is 9.37 Å². The lowest BCUT2D eigenvalue weighted by Gasteiger charge is -2.17. The van der Waals surface area contributed by atoms with E-state index in [1.807, 2.05) is 0 Å². The van der Waals surface area contributed by atoms with Crippen LogP contribution in [0, 0.1) is 12.7 Å². The van der Waals surface area contributed by atoms with Crippen molar-refractivity contribution in [3.05, 3.63) is 76.9 Å². The largest absolute Gasteiger partial charge is 0.573 e. The van der Waals surface area contributed by atoms with Crippen molar-refractivity contribution in [2.75, 3.05) is 5.32 Å². The van der Waals surface area contributed by atoms with Crippen molar-refractivity contribution in [3.63, 3.8) is 0 Å². The Balaban J connectivity index is 1.99. The lowest BCUT2D eigenvalue weighted by Crippen LogP contribution is -2.19. The Hall–Kier alpha value is -4.36. The highest BCUT2D eigenvalue weighted by atomic mass is 19.4. The molecule has 0 radical (unpaired) electrons. The van der Waals surface area contributed by atoms with E-state index < -0.39 is 52.8 Å². The summed E-state index contributed by atoms with van der Waals surface area (Å²) in [4.78, 5) is 27.5. The maximum absolute atomic E-state index is 14.9. The van der Waals surface area contributed by atoms with Gasteiger partial charge in [-0.05, 0) is 55.0 Å². The van der Waals surface area contributed by atoms with E-state index in [0.717, 1.165) is 36.5 Å². The average Bonchev–Trinajstić information content (AvgIpc) is 2.74. The summed E-state index contributed by atoms with van der Waals surface area (Å²) < 4.78 is 101. The first-order valence-electron chi connectivity index (χ1n) is 9.67. The molecule has 3 aromatic rings. The van der Waals surface area contributed by atoms with Gasteiger partial charge in [0.05, 0.1) is 17.4 Å². The van der Waals surface area contributed by atoms with E-state index in [1.165, 1.54) is 6.92 Å². The van der Waals surface area contributed by atoms with E-state index >= 15 is 0 Å². The molecule has 0 unspecified atom stereocenters. The topological polar surface area (TPSA) is 104 Å². The molecule has 1 heterocycles. The summed E-state index contributed by atoms with van der Waals surface area (Å²) in [5.41, 5.74) is 1.91. The minimum atomic E-state index is -5.16. The van der Waals surface area contributed by atoms with Crippen LogP contribution in [-0.2, 0) is 6.18 Å². The Labute approximate surface area is 197 Å². The Morgan fingerprint density at radius 2 is 1.64 bits per heavy atom. The highest BCUT2D eigenvalue weighted by Crippen LogP contribution is 2.38. The Bertz CT molecular complexity index is 1310. The Morgan fingerprint density at radius 3 is 2.17 bits per heavy atom. The summed E-state index contributed by atoms with van der Waals surface area (Å²) in [6.45, 7) is 1.30. The Morgan fingerprint density at radius 1 is 0.972 bits per heavy atom. The third-order valence-corrected chi connectivity index (χ3v) is 4.51. The fraction of sp³-hybridized carbons (Fsp3) is 0.136. The zero-order valence-electron chi connectivity index (χ0n) is 17.9. The second-order valence-corrected chi connectivity index (χ2v) is 7.13. The molecule has 0 aliphatic rings. The van der Waals surface area contributed by atoms with Gasteiger partial charge in [-0.15, -0.1) is 13.2 Å². The van der Waals surface area contributed by atoms with Gasteiger partial charge in [0.15, 0.2) is 5.82 Å². The molecule has 2 amide bonds. The number of aromatic nitrogens is 1. The number of hydrogen-bond donors (Lipinski definition) is 2. The Kier molecular flexibility index (Phi) is 7.08. The fourth-order valence-corrected chi connectivity index (χ4v) is 2.93. The van der Waals surface area contributed by atoms with E-state index in [4.69, 9.17) is 10.5 Å². The third kappa shape index (κ3) is 6.20. The second kappa shape index (κ2) is 9.71. The molecular weight excluding hydrogens is 503 g/mol. The predicted octanol–water partition coefficient (Wildman–Crippen LogP) is 5.59. The van der Waals surface area contributed by atoms with Crippen LogP contribution in [0.2, 0.25) is 0 Å². The summed E-state index contributed by atoms with van der Waals surface area (Å²) >= 11 is 0. The van der Waals surface area contributed by atoms with Gasteiger partial charge in [-0.3, -0.25) is 9.59 Å². The summed E-state index contributed by atoms with van der Waals surface area (Å²) in [6.07, 6.45) is -9.16. The highest BCUT2D eigenvalue weighted by molar-refractivity contribution is 6.06. The number of pyridine rings is 1. The maximum Gasteiger partial charge on any atom is 0.573 e. The van der Waals surface area contributed by atoms with E-state index in [1.54, 1.807) is 0 Å². The maximum atomic E-state index is 14.9. The van der Waals surface area contributed by atoms with E-state index in [2.05, 4.69) is 15.0 Å². The molecule has 0 bridgehead atoms. The third-order valence-electron chi connectivity index (χ3n) is 4.51. The number of hydrogen-bond acceptors (Lipinski definition) is 5. The molecule has 36 heavy (non-hydrogen) atoms. The van der Waals surface area contributed by atoms with E-state index in [9.17, 15) is 40.3 Å². The van der Waals surface area contributed by atoms with Gasteiger partial charge in [-0.2, -0.15) is 13.2 Å². The van der Waals surface area contributed by atoms with Crippen molar-refractivity contribution < 1.29 is 49.8 Å². The lowest BCUT2D eigenvalue weighted by molar-refractivity contribution is -0.274. The molecule has 3 N–H and O–H groups in total. The number of benzene rings is 2. The molecule has 0 aliphatic heterocycles. The van der Waals surface area contributed by atoms with Gasteiger partial charge < -0.3 is 20.5 Å². The van der Waals surface area contributed by atoms with Gasteiger partial charge in [0.1, 0.15) is 28.5 Å². The first-order chi connectivity index (χ1) is 16.7. The number of rotatable bonds is 6. The van der Waals surface area contributed by atoms with Crippen LogP contribution in [0.4, 0.5) is 36.4 Å². The molecule has 190 valence electrons. The summed E-state index contributed by atoms with van der Waals surface area (Å²) in [5, 5.41) is 2.13. The zero-order chi connectivity index (χ0) is 26.8. The number of nitrogens with one attached hydrogen (secondary N) is 1. The molecule has 0 saturated heterocycles. The number of aryl methyl sites for hydroxylation is 1. The number of primary amides is 1. The number of ether oxygens (including phenoxy) is 2. The van der Waals surface area contributed by atoms with Crippen molar-refractivity contribution in [3.8, 4) is 17.2 Å². The van der Waals surface area contributed by atoms with Crippen LogP contribution in [0.3, 0.4) is 0 Å². The zero-order valence-corrected chi connectivity index (χ0v) is 17.9. The molecule has 0 fully saturated rings. The molecule has 1 aromatic heterocycles. The van der Waals surface area contributed by atoms with Crippen molar-refractivity contribution in [2.24, 2.45) is 5.73 Å². The summed E-state index contributed by atoms with van der Waals surface area (Å²) in [7, 11) is 0. The van der Waals surface area contributed by atoms with Crippen LogP contribution < -0.4 is 20.5 Å². The van der Waals surface area contributed by atoms with Crippen LogP contribution in [0.25, 0.3) is 0 Å². The van der Waals surface area contributed by atoms with E-state index in [0.29, 0.717) is 12.1 Å². The average molecular weight is 517 g/mol. The normalized spacial score (nSPS) is 11.7. The first-order valence-corrected chi connectivity index (χ1v) is 9.67. The molecule has 3 rings (SSSR count). The van der Waals surface area contributed by atoms with Crippen LogP contribution in [0.15, 0.2) is 48.7 Å². The molecule has 7 nitrogen and oxygen atoms in total. The SMILES string of the molecule is Cc1cc(OC(F)(F)F)ccc1Oc1ccc(C(F)(F)F)c(F)c1C(=O)Nc1ccc(C(N)=O)nc1. The minimum Gasteiger partial charge on any atom is -0.456 e. The predicted molar refractivity (Wildman–Crippen MR) is 110 cm³/mol. The number of alkyl halides is 6. The first kappa shape index (κ1) is 26.2. The van der Waals surface area contributed by atoms with Crippen LogP contribution in [0.1, 0.15) is 32.0 Å². The second-order valence-electron chi connectivity index (χ2n) is 7.13. The van der Waals surface area contributed by atoms with Crippen molar-refractivity contribution in [1.82, 2.24) is 4.98 Å². The number of carbonyl (C=O) groups is 2. The van der Waals surface area contributed by atoms with E-state index in [-0.39, 0.29) is 22.7 Å². The van der Waals surface area contributed by atoms with Gasteiger partial charge in [0.25, 0.3) is 11.8 Å². The minimum absolute atomic E-state index is 0.0367. The van der Waals surface area contributed by atoms with Crippen LogP contribution in [-0.4, -0.2) is 23.2 Å². The molecule has 2 aromatic carbocycles. The van der Waals surface area contributed by atoms with Crippen LogP contribution in [0.5, 0.6) is 17.2 Å². The number of nitrogens with zero attached hydrogens (tertiary/aromatic N) is 1. The van der Waals surface area contributed by atoms with Crippen molar-refractivity contribution >= 4 is 17.5 Å². The molecule has 0 aliphatic carbocycles. The molecule has 0 saturated carbocycles. The summed E-state index contributed by atoms with van der Waals surface area (Å²) in [5.74, 6) is -5.64. The number of carbonyl (C=O) groups excluding carboxylic acids is 2. The smallest absolute Gasteiger partial charge is 0.456 e. The van der Waals surface area contributed by atoms with Crippen molar-refractivity contribution in [1.29, 1.82) is 0 Å². The molecule has 14 heteroatoms. The number of amides is 2. The lowest BCUT2D eigenvalue weighted by atomic mass is 10.1. The number of nitrogens with two attached hydrogens (primary N) is 1. The van der Waals surface area contributed by atoms with Crippen molar-refractivity contribution in [2.45, 2.75) is 19.5 Å². The van der Waals surface area contributed by atoms with Gasteiger partial charge in [0, 0.05) is 0 Å². The van der Waals surface area contributed by atoms with Gasteiger partial charge in [-0.1, -0.05) is 0 Å². The molecule has 0 atom stereocenters.